The highest BCUT2D eigenvalue weighted by molar-refractivity contribution is 6.99. The van der Waals surface area contributed by atoms with Gasteiger partial charge >= 0.3 is 0 Å². The van der Waals surface area contributed by atoms with Crippen LogP contribution in [0.4, 0.5) is 0 Å². The number of hydrogen-bond acceptors (Lipinski definition) is 3. The molecule has 0 aliphatic carbocycles. The van der Waals surface area contributed by atoms with Crippen LogP contribution >= 0.6 is 0 Å². The van der Waals surface area contributed by atoms with Crippen LogP contribution in [0.3, 0.4) is 0 Å². The molecular weight excluding hydrogens is 691 g/mol. The Labute approximate surface area is 341 Å². The van der Waals surface area contributed by atoms with Crippen molar-refractivity contribution >= 4 is 24.6 Å². The van der Waals surface area contributed by atoms with Gasteiger partial charge in [0.2, 0.25) is 5.91 Å². The predicted octanol–water partition coefficient (Wildman–Crippen LogP) is 13.1. The molecule has 0 spiro atoms. The molecule has 2 N–H and O–H groups in total. The van der Waals surface area contributed by atoms with E-state index in [9.17, 15) is 9.90 Å². The number of aliphatic hydroxyl groups excluding tert-OH is 1. The van der Waals surface area contributed by atoms with Crippen LogP contribution in [0, 0.1) is 0 Å². The van der Waals surface area contributed by atoms with Gasteiger partial charge in [-0.25, -0.2) is 0 Å². The van der Waals surface area contributed by atoms with E-state index in [0.29, 0.717) is 6.42 Å². The molecule has 0 bridgehead atoms. The third-order valence-electron chi connectivity index (χ3n) is 11.5. The van der Waals surface area contributed by atoms with Crippen LogP contribution in [-0.4, -0.2) is 38.1 Å². The number of aliphatic hydroxyl groups is 1. The summed E-state index contributed by atoms with van der Waals surface area (Å²) < 4.78 is 7.22. The average Bonchev–Trinajstić information content (AvgIpc) is 3.18. The molecule has 0 fully saturated rings. The number of allylic oxidation sites excluding steroid dienone is 1. The molecular formula is C50H85NO3Si. The Bertz CT molecular complexity index is 1170. The SMILES string of the molecule is CCCCCCCCCCCCC/C=C/[C@@H](O)[C@H](CO[Si](c1ccccc1)(c1ccccc1)C(C)(C)C)NC(=O)CCCCCCCCCCCCCCC. The molecule has 0 saturated heterocycles. The van der Waals surface area contributed by atoms with Crippen molar-refractivity contribution in [3.8, 4) is 0 Å². The van der Waals surface area contributed by atoms with Crippen molar-refractivity contribution < 1.29 is 14.3 Å². The smallest absolute Gasteiger partial charge is 0.261 e. The normalized spacial score (nSPS) is 13.3. The van der Waals surface area contributed by atoms with Crippen LogP contribution in [0.1, 0.15) is 202 Å². The summed E-state index contributed by atoms with van der Waals surface area (Å²) in [5.74, 6) is 0.0111. The molecule has 1 amide bonds. The maximum atomic E-state index is 13.4. The summed E-state index contributed by atoms with van der Waals surface area (Å²) in [6.45, 7) is 11.6. The molecule has 0 heterocycles. The number of hydrogen-bond donors (Lipinski definition) is 2. The number of carbonyl (C=O) groups excluding carboxylic acids is 1. The minimum atomic E-state index is -2.83. The van der Waals surface area contributed by atoms with Crippen molar-refractivity contribution in [3.63, 3.8) is 0 Å². The standard InChI is InChI=1S/C50H85NO3Si/c1-6-8-10-12-14-16-18-20-22-24-26-28-36-42-48(52)47(51-49(53)43-37-29-27-25-23-21-19-17-15-13-11-9-7-2)44-54-55(50(3,4)5,45-38-32-30-33-39-45)46-40-34-31-35-41-46/h30-36,38-42,47-48,52H,6-29,37,43-44H2,1-5H3,(H,51,53)/b42-36+/t47-,48+/m0/s1. The van der Waals surface area contributed by atoms with E-state index in [1.54, 1.807) is 0 Å². The number of benzene rings is 2. The summed E-state index contributed by atoms with van der Waals surface area (Å²) in [5.41, 5.74) is 0. The molecule has 5 heteroatoms. The molecule has 0 radical (unpaired) electrons. The van der Waals surface area contributed by atoms with E-state index in [-0.39, 0.29) is 17.6 Å². The highest BCUT2D eigenvalue weighted by Crippen LogP contribution is 2.37. The van der Waals surface area contributed by atoms with Gasteiger partial charge in [0.05, 0.1) is 18.8 Å². The molecule has 0 aliphatic rings. The van der Waals surface area contributed by atoms with Crippen LogP contribution in [0.15, 0.2) is 72.8 Å². The van der Waals surface area contributed by atoms with Gasteiger partial charge in [-0.3, -0.25) is 4.79 Å². The lowest BCUT2D eigenvalue weighted by atomic mass is 10.0. The number of nitrogens with one attached hydrogen (secondary N) is 1. The number of carbonyl (C=O) groups is 1. The van der Waals surface area contributed by atoms with Gasteiger partial charge in [-0.15, -0.1) is 0 Å². The molecule has 0 aliphatic heterocycles. The Morgan fingerprint density at radius 1 is 0.618 bits per heavy atom. The average molecular weight is 776 g/mol. The van der Waals surface area contributed by atoms with Crippen molar-refractivity contribution in [1.82, 2.24) is 5.32 Å². The van der Waals surface area contributed by atoms with Gasteiger partial charge in [-0.05, 0) is 34.7 Å². The van der Waals surface area contributed by atoms with Gasteiger partial charge in [0, 0.05) is 6.42 Å². The minimum Gasteiger partial charge on any atom is -0.405 e. The van der Waals surface area contributed by atoms with E-state index in [1.807, 2.05) is 6.08 Å². The molecule has 2 aromatic carbocycles. The second-order valence-electron chi connectivity index (χ2n) is 17.4. The first-order valence-corrected chi connectivity index (χ1v) is 25.1. The monoisotopic (exact) mass is 776 g/mol. The maximum absolute atomic E-state index is 13.4. The summed E-state index contributed by atoms with van der Waals surface area (Å²) >= 11 is 0. The summed E-state index contributed by atoms with van der Waals surface area (Å²) in [7, 11) is -2.83. The van der Waals surface area contributed by atoms with E-state index < -0.39 is 20.5 Å². The molecule has 0 saturated carbocycles. The topological polar surface area (TPSA) is 58.6 Å². The molecule has 55 heavy (non-hydrogen) atoms. The van der Waals surface area contributed by atoms with E-state index in [2.05, 4.69) is 107 Å². The summed E-state index contributed by atoms with van der Waals surface area (Å²) in [6.07, 6.45) is 35.9. The van der Waals surface area contributed by atoms with Gasteiger partial charge in [0.25, 0.3) is 8.32 Å². The maximum Gasteiger partial charge on any atom is 0.261 e. The fourth-order valence-electron chi connectivity index (χ4n) is 8.08. The lowest BCUT2D eigenvalue weighted by Crippen LogP contribution is -2.67. The lowest BCUT2D eigenvalue weighted by Gasteiger charge is -2.44. The predicted molar refractivity (Wildman–Crippen MR) is 242 cm³/mol. The minimum absolute atomic E-state index is 0.0111. The van der Waals surface area contributed by atoms with Crippen molar-refractivity contribution in [2.45, 2.75) is 219 Å². The zero-order valence-electron chi connectivity index (χ0n) is 36.4. The van der Waals surface area contributed by atoms with Crippen LogP contribution in [0.2, 0.25) is 5.04 Å². The van der Waals surface area contributed by atoms with Crippen LogP contribution in [0.25, 0.3) is 0 Å². The second kappa shape index (κ2) is 30.9. The summed E-state index contributed by atoms with van der Waals surface area (Å²) in [5, 5.41) is 17.1. The van der Waals surface area contributed by atoms with Gasteiger partial charge < -0.3 is 14.8 Å². The molecule has 312 valence electrons. The van der Waals surface area contributed by atoms with Crippen molar-refractivity contribution in [2.24, 2.45) is 0 Å². The first-order chi connectivity index (χ1) is 26.8. The third kappa shape index (κ3) is 20.7. The highest BCUT2D eigenvalue weighted by Gasteiger charge is 2.50. The van der Waals surface area contributed by atoms with E-state index in [4.69, 9.17) is 4.43 Å². The first kappa shape index (κ1) is 48.9. The summed E-state index contributed by atoms with van der Waals surface area (Å²) in [6, 6.07) is 20.7. The zero-order valence-corrected chi connectivity index (χ0v) is 37.4. The molecule has 2 aromatic rings. The van der Waals surface area contributed by atoms with E-state index in [0.717, 1.165) is 25.7 Å². The number of rotatable bonds is 34. The first-order valence-electron chi connectivity index (χ1n) is 23.1. The van der Waals surface area contributed by atoms with Gasteiger partial charge in [-0.2, -0.15) is 0 Å². The molecule has 2 rings (SSSR count). The third-order valence-corrected chi connectivity index (χ3v) is 16.5. The van der Waals surface area contributed by atoms with Crippen molar-refractivity contribution in [2.75, 3.05) is 6.61 Å². The Balaban J connectivity index is 1.96. The second-order valence-corrected chi connectivity index (χ2v) is 21.7. The van der Waals surface area contributed by atoms with Gasteiger partial charge in [0.1, 0.15) is 0 Å². The van der Waals surface area contributed by atoms with E-state index in [1.165, 1.54) is 145 Å². The fourth-order valence-corrected chi connectivity index (χ4v) is 12.7. The Morgan fingerprint density at radius 3 is 1.40 bits per heavy atom. The lowest BCUT2D eigenvalue weighted by molar-refractivity contribution is -0.122. The molecule has 0 unspecified atom stereocenters. The fraction of sp³-hybridized carbons (Fsp3) is 0.700. The quantitative estimate of drug-likeness (QED) is 0.0423. The Kier molecular flexibility index (Phi) is 27.5. The van der Waals surface area contributed by atoms with Gasteiger partial charge in [0.15, 0.2) is 0 Å². The van der Waals surface area contributed by atoms with Crippen molar-refractivity contribution in [1.29, 1.82) is 0 Å². The van der Waals surface area contributed by atoms with Crippen LogP contribution in [0.5, 0.6) is 0 Å². The molecule has 0 aromatic heterocycles. The van der Waals surface area contributed by atoms with Crippen LogP contribution < -0.4 is 15.7 Å². The van der Waals surface area contributed by atoms with Crippen LogP contribution in [-0.2, 0) is 9.22 Å². The number of amides is 1. The largest absolute Gasteiger partial charge is 0.405 e. The zero-order chi connectivity index (χ0) is 39.9. The Morgan fingerprint density at radius 2 is 1.00 bits per heavy atom. The highest BCUT2D eigenvalue weighted by atomic mass is 28.4. The molecule has 2 atom stereocenters. The molecule has 4 nitrogen and oxygen atoms in total. The Hall–Kier alpha value is -2.21. The van der Waals surface area contributed by atoms with E-state index >= 15 is 0 Å². The van der Waals surface area contributed by atoms with Crippen molar-refractivity contribution in [3.05, 3.63) is 72.8 Å². The summed E-state index contributed by atoms with van der Waals surface area (Å²) in [4.78, 5) is 13.4. The van der Waals surface area contributed by atoms with Gasteiger partial charge in [-0.1, -0.05) is 249 Å². The number of unbranched alkanes of at least 4 members (excludes halogenated alkanes) is 23.